The first-order chi connectivity index (χ1) is 6.75. The van der Waals surface area contributed by atoms with Crippen LogP contribution in [0.1, 0.15) is 25.7 Å². The lowest BCUT2D eigenvalue weighted by Gasteiger charge is -2.29. The monoisotopic (exact) mass is 200 g/mol. The quantitative estimate of drug-likeness (QED) is 0.713. The Labute approximate surface area is 85.4 Å². The van der Waals surface area contributed by atoms with Crippen molar-refractivity contribution in [1.82, 2.24) is 4.90 Å². The van der Waals surface area contributed by atoms with Crippen LogP contribution in [0.25, 0.3) is 0 Å². The molecule has 2 N–H and O–H groups in total. The summed E-state index contributed by atoms with van der Waals surface area (Å²) >= 11 is 0. The van der Waals surface area contributed by atoms with Gasteiger partial charge in [-0.2, -0.15) is 0 Å². The fraction of sp³-hybridized carbons (Fsp3) is 0.900. The number of likely N-dealkylation sites (tertiary alicyclic amines) is 1. The zero-order valence-corrected chi connectivity index (χ0v) is 8.87. The molecule has 1 aliphatic rings. The van der Waals surface area contributed by atoms with E-state index in [9.17, 15) is 4.79 Å². The Morgan fingerprint density at radius 1 is 1.43 bits per heavy atom. The van der Waals surface area contributed by atoms with Gasteiger partial charge in [-0.1, -0.05) is 0 Å². The molecule has 0 radical (unpaired) electrons. The van der Waals surface area contributed by atoms with E-state index in [4.69, 9.17) is 10.5 Å². The predicted molar refractivity (Wildman–Crippen MR) is 54.9 cm³/mol. The van der Waals surface area contributed by atoms with Crippen LogP contribution in [0.5, 0.6) is 0 Å². The minimum Gasteiger partial charge on any atom is -0.385 e. The van der Waals surface area contributed by atoms with Gasteiger partial charge in [0, 0.05) is 26.8 Å². The Morgan fingerprint density at radius 2 is 2.07 bits per heavy atom. The Balaban J connectivity index is 2.30. The summed E-state index contributed by atoms with van der Waals surface area (Å²) < 4.78 is 4.90. The van der Waals surface area contributed by atoms with Gasteiger partial charge in [-0.25, -0.2) is 0 Å². The lowest BCUT2D eigenvalue weighted by Crippen LogP contribution is -2.46. The van der Waals surface area contributed by atoms with Gasteiger partial charge in [0.2, 0.25) is 5.91 Å². The number of nitrogens with two attached hydrogens (primary N) is 1. The highest BCUT2D eigenvalue weighted by Crippen LogP contribution is 2.10. The second-order valence-electron chi connectivity index (χ2n) is 3.77. The van der Waals surface area contributed by atoms with Gasteiger partial charge in [0.15, 0.2) is 0 Å². The molecule has 82 valence electrons. The molecule has 1 atom stereocenters. The van der Waals surface area contributed by atoms with Gasteiger partial charge in [0.25, 0.3) is 0 Å². The third kappa shape index (κ3) is 3.27. The molecule has 1 amide bonds. The number of carbonyl (C=O) groups is 1. The van der Waals surface area contributed by atoms with Crippen LogP contribution >= 0.6 is 0 Å². The first-order valence-electron chi connectivity index (χ1n) is 5.29. The molecule has 4 nitrogen and oxygen atoms in total. The summed E-state index contributed by atoms with van der Waals surface area (Å²) in [5, 5.41) is 0. The molecule has 1 aliphatic heterocycles. The van der Waals surface area contributed by atoms with Crippen LogP contribution in [0.2, 0.25) is 0 Å². The van der Waals surface area contributed by atoms with Gasteiger partial charge in [-0.05, 0) is 25.7 Å². The highest BCUT2D eigenvalue weighted by atomic mass is 16.5. The van der Waals surface area contributed by atoms with E-state index < -0.39 is 0 Å². The number of amides is 1. The first-order valence-corrected chi connectivity index (χ1v) is 5.29. The second kappa shape index (κ2) is 5.98. The molecule has 1 fully saturated rings. The maximum absolute atomic E-state index is 11.7. The molecule has 1 rings (SSSR count). The third-order valence-corrected chi connectivity index (χ3v) is 2.62. The van der Waals surface area contributed by atoms with Gasteiger partial charge < -0.3 is 15.4 Å². The Morgan fingerprint density at radius 3 is 2.64 bits per heavy atom. The van der Waals surface area contributed by atoms with Crippen molar-refractivity contribution >= 4 is 5.91 Å². The average molecular weight is 200 g/mol. The van der Waals surface area contributed by atoms with E-state index in [1.165, 1.54) is 6.42 Å². The van der Waals surface area contributed by atoms with Crippen molar-refractivity contribution in [3.05, 3.63) is 0 Å². The second-order valence-corrected chi connectivity index (χ2v) is 3.77. The summed E-state index contributed by atoms with van der Waals surface area (Å²) in [6, 6.07) is -0.381. The maximum atomic E-state index is 11.7. The number of hydrogen-bond acceptors (Lipinski definition) is 3. The summed E-state index contributed by atoms with van der Waals surface area (Å²) in [5.74, 6) is 0.0850. The number of rotatable bonds is 4. The topological polar surface area (TPSA) is 55.6 Å². The lowest BCUT2D eigenvalue weighted by molar-refractivity contribution is -0.133. The zero-order chi connectivity index (χ0) is 10.4. The molecule has 0 aromatic heterocycles. The Bertz CT molecular complexity index is 179. The summed E-state index contributed by atoms with van der Waals surface area (Å²) in [5.41, 5.74) is 5.76. The van der Waals surface area contributed by atoms with Crippen LogP contribution in [0.3, 0.4) is 0 Å². The Kier molecular flexibility index (Phi) is 4.90. The SMILES string of the molecule is COCCC(N)C(=O)N1CCCCC1. The molecule has 1 saturated heterocycles. The lowest BCUT2D eigenvalue weighted by atomic mass is 10.1. The van der Waals surface area contributed by atoms with Crippen molar-refractivity contribution < 1.29 is 9.53 Å². The highest BCUT2D eigenvalue weighted by molar-refractivity contribution is 5.81. The molecular formula is C10H20N2O2. The predicted octanol–water partition coefficient (Wildman–Crippen LogP) is 0.363. The molecule has 1 unspecified atom stereocenters. The van der Waals surface area contributed by atoms with E-state index in [2.05, 4.69) is 0 Å². The normalized spacial score (nSPS) is 19.4. The number of piperidine rings is 1. The van der Waals surface area contributed by atoms with E-state index in [-0.39, 0.29) is 11.9 Å². The van der Waals surface area contributed by atoms with Crippen molar-refractivity contribution in [3.8, 4) is 0 Å². The highest BCUT2D eigenvalue weighted by Gasteiger charge is 2.21. The molecule has 14 heavy (non-hydrogen) atoms. The number of ether oxygens (including phenoxy) is 1. The van der Waals surface area contributed by atoms with E-state index in [1.807, 2.05) is 4.90 Å². The minimum atomic E-state index is -0.381. The van der Waals surface area contributed by atoms with E-state index in [0.29, 0.717) is 13.0 Å². The number of nitrogens with zero attached hydrogens (tertiary/aromatic N) is 1. The summed E-state index contributed by atoms with van der Waals surface area (Å²) in [7, 11) is 1.62. The largest absolute Gasteiger partial charge is 0.385 e. The molecule has 0 saturated carbocycles. The minimum absolute atomic E-state index is 0.0850. The molecule has 4 heteroatoms. The fourth-order valence-corrected chi connectivity index (χ4v) is 1.72. The molecule has 0 aliphatic carbocycles. The summed E-state index contributed by atoms with van der Waals surface area (Å²) in [6.45, 7) is 2.31. The Hall–Kier alpha value is -0.610. The van der Waals surface area contributed by atoms with Gasteiger partial charge >= 0.3 is 0 Å². The first kappa shape index (κ1) is 11.5. The molecule has 0 bridgehead atoms. The van der Waals surface area contributed by atoms with Crippen molar-refractivity contribution in [2.45, 2.75) is 31.7 Å². The molecule has 1 heterocycles. The molecule has 0 aromatic carbocycles. The molecule has 0 aromatic rings. The van der Waals surface area contributed by atoms with Crippen LogP contribution in [0.4, 0.5) is 0 Å². The van der Waals surface area contributed by atoms with Crippen LogP contribution in [0.15, 0.2) is 0 Å². The smallest absolute Gasteiger partial charge is 0.239 e. The number of carbonyl (C=O) groups excluding carboxylic acids is 1. The maximum Gasteiger partial charge on any atom is 0.239 e. The van der Waals surface area contributed by atoms with Crippen molar-refractivity contribution in [1.29, 1.82) is 0 Å². The number of hydrogen-bond donors (Lipinski definition) is 1. The standard InChI is InChI=1S/C10H20N2O2/c1-14-8-5-9(11)10(13)12-6-3-2-4-7-12/h9H,2-8,11H2,1H3. The fourth-order valence-electron chi connectivity index (χ4n) is 1.72. The van der Waals surface area contributed by atoms with Crippen LogP contribution in [0, 0.1) is 0 Å². The molecule has 0 spiro atoms. The van der Waals surface area contributed by atoms with E-state index in [0.717, 1.165) is 25.9 Å². The van der Waals surface area contributed by atoms with Crippen LogP contribution in [-0.2, 0) is 9.53 Å². The van der Waals surface area contributed by atoms with Gasteiger partial charge in [0.1, 0.15) is 0 Å². The van der Waals surface area contributed by atoms with Gasteiger partial charge in [-0.15, -0.1) is 0 Å². The van der Waals surface area contributed by atoms with Gasteiger partial charge in [0.05, 0.1) is 6.04 Å². The van der Waals surface area contributed by atoms with Crippen LogP contribution < -0.4 is 5.73 Å². The van der Waals surface area contributed by atoms with E-state index in [1.54, 1.807) is 7.11 Å². The van der Waals surface area contributed by atoms with Crippen LogP contribution in [-0.4, -0.2) is 43.7 Å². The molecular weight excluding hydrogens is 180 g/mol. The van der Waals surface area contributed by atoms with Crippen molar-refractivity contribution in [3.63, 3.8) is 0 Å². The third-order valence-electron chi connectivity index (χ3n) is 2.62. The zero-order valence-electron chi connectivity index (χ0n) is 8.87. The van der Waals surface area contributed by atoms with E-state index >= 15 is 0 Å². The van der Waals surface area contributed by atoms with Crippen molar-refractivity contribution in [2.75, 3.05) is 26.8 Å². The number of methoxy groups -OCH3 is 1. The average Bonchev–Trinajstić information content (AvgIpc) is 2.26. The summed E-state index contributed by atoms with van der Waals surface area (Å²) in [6.07, 6.45) is 4.08. The van der Waals surface area contributed by atoms with Crippen molar-refractivity contribution in [2.24, 2.45) is 5.73 Å². The summed E-state index contributed by atoms with van der Waals surface area (Å²) in [4.78, 5) is 13.6. The van der Waals surface area contributed by atoms with Gasteiger partial charge in [-0.3, -0.25) is 4.79 Å².